The molecule has 106 valence electrons. The molecule has 0 spiro atoms. The number of ether oxygens (including phenoxy) is 1. The lowest BCUT2D eigenvalue weighted by Crippen LogP contribution is -2.13. The molecule has 4 nitrogen and oxygen atoms in total. The van der Waals surface area contributed by atoms with E-state index in [1.165, 1.54) is 0 Å². The Morgan fingerprint density at radius 2 is 2.10 bits per heavy atom. The molecule has 0 aliphatic carbocycles. The number of nitriles is 1. The summed E-state index contributed by atoms with van der Waals surface area (Å²) in [6.07, 6.45) is 0. The molecule has 2 rings (SSSR count). The van der Waals surface area contributed by atoms with Crippen molar-refractivity contribution in [3.8, 4) is 11.8 Å². The number of carbonyl (C=O) groups excluding carboxylic acids is 1. The maximum absolute atomic E-state index is 12.4. The highest BCUT2D eigenvalue weighted by Crippen LogP contribution is 2.26. The van der Waals surface area contributed by atoms with E-state index < -0.39 is 0 Å². The van der Waals surface area contributed by atoms with Gasteiger partial charge in [0.05, 0.1) is 11.3 Å². The molecule has 0 heterocycles. The highest BCUT2D eigenvalue weighted by atomic mass is 79.9. The Hall–Kier alpha value is -2.32. The third-order valence-electron chi connectivity index (χ3n) is 2.79. The number of rotatable bonds is 4. The zero-order valence-electron chi connectivity index (χ0n) is 11.4. The number of halogens is 1. The maximum Gasteiger partial charge on any atom is 0.256 e. The normalized spacial score (nSPS) is 9.76. The van der Waals surface area contributed by atoms with Crippen LogP contribution in [-0.2, 0) is 0 Å². The van der Waals surface area contributed by atoms with Gasteiger partial charge in [-0.3, -0.25) is 4.79 Å². The summed E-state index contributed by atoms with van der Waals surface area (Å²) in [6, 6.07) is 14.5. The molecule has 0 aromatic heterocycles. The zero-order chi connectivity index (χ0) is 15.2. The van der Waals surface area contributed by atoms with Crippen LogP contribution in [0.25, 0.3) is 0 Å². The van der Waals surface area contributed by atoms with Crippen LogP contribution in [-0.4, -0.2) is 12.5 Å². The molecule has 0 fully saturated rings. The van der Waals surface area contributed by atoms with Crippen molar-refractivity contribution in [3.63, 3.8) is 0 Å². The molecule has 0 unspecified atom stereocenters. The number of benzene rings is 2. The van der Waals surface area contributed by atoms with Gasteiger partial charge in [-0.2, -0.15) is 5.26 Å². The van der Waals surface area contributed by atoms with E-state index in [0.717, 1.165) is 10.0 Å². The van der Waals surface area contributed by atoms with Gasteiger partial charge in [0.1, 0.15) is 11.8 Å². The van der Waals surface area contributed by atoms with Crippen molar-refractivity contribution >= 4 is 27.5 Å². The number of nitrogens with zero attached hydrogens (tertiary/aromatic N) is 1. The fourth-order valence-electron chi connectivity index (χ4n) is 1.81. The molecule has 0 aliphatic rings. The molecule has 0 aliphatic heterocycles. The zero-order valence-corrected chi connectivity index (χ0v) is 13.0. The van der Waals surface area contributed by atoms with Crippen LogP contribution in [0.15, 0.2) is 46.9 Å². The second-order valence-electron chi connectivity index (χ2n) is 4.38. The Morgan fingerprint density at radius 1 is 1.33 bits per heavy atom. The average Bonchev–Trinajstić information content (AvgIpc) is 2.48. The van der Waals surface area contributed by atoms with Crippen molar-refractivity contribution in [2.24, 2.45) is 0 Å². The second kappa shape index (κ2) is 6.91. The minimum atomic E-state index is -0.237. The molecule has 0 saturated heterocycles. The fraction of sp³-hybridized carbons (Fsp3) is 0.125. The smallest absolute Gasteiger partial charge is 0.256 e. The molecule has 0 bridgehead atoms. The predicted octanol–water partition coefficient (Wildman–Crippen LogP) is 3.91. The highest BCUT2D eigenvalue weighted by molar-refractivity contribution is 9.10. The molecule has 2 aromatic rings. The van der Waals surface area contributed by atoms with E-state index in [-0.39, 0.29) is 12.5 Å². The molecular weight excluding hydrogens is 332 g/mol. The van der Waals surface area contributed by atoms with Gasteiger partial charge in [-0.25, -0.2) is 0 Å². The monoisotopic (exact) mass is 344 g/mol. The molecule has 0 radical (unpaired) electrons. The summed E-state index contributed by atoms with van der Waals surface area (Å²) in [4.78, 5) is 12.4. The van der Waals surface area contributed by atoms with Crippen LogP contribution in [0.1, 0.15) is 15.9 Å². The minimum Gasteiger partial charge on any atom is -0.477 e. The number of carbonyl (C=O) groups is 1. The maximum atomic E-state index is 12.4. The van der Waals surface area contributed by atoms with Crippen LogP contribution >= 0.6 is 15.9 Å². The Bertz CT molecular complexity index is 708. The van der Waals surface area contributed by atoms with Gasteiger partial charge in [0.25, 0.3) is 5.91 Å². The van der Waals surface area contributed by atoms with E-state index >= 15 is 0 Å². The van der Waals surface area contributed by atoms with Crippen molar-refractivity contribution in [2.75, 3.05) is 11.9 Å². The van der Waals surface area contributed by atoms with Crippen molar-refractivity contribution in [2.45, 2.75) is 6.92 Å². The summed E-state index contributed by atoms with van der Waals surface area (Å²) in [5.74, 6) is 0.231. The van der Waals surface area contributed by atoms with E-state index in [1.54, 1.807) is 30.3 Å². The lowest BCUT2D eigenvalue weighted by molar-refractivity contribution is 0.102. The highest BCUT2D eigenvalue weighted by Gasteiger charge is 2.12. The van der Waals surface area contributed by atoms with Crippen LogP contribution < -0.4 is 10.1 Å². The van der Waals surface area contributed by atoms with E-state index in [1.807, 2.05) is 25.1 Å². The number of amides is 1. The SMILES string of the molecule is Cc1ccc(Br)c(C(=O)Nc2ccccc2OCC#N)c1. The molecule has 21 heavy (non-hydrogen) atoms. The van der Waals surface area contributed by atoms with Crippen LogP contribution in [0.2, 0.25) is 0 Å². The number of anilines is 1. The largest absolute Gasteiger partial charge is 0.477 e. The summed E-state index contributed by atoms with van der Waals surface area (Å²) < 4.78 is 6.01. The van der Waals surface area contributed by atoms with Gasteiger partial charge >= 0.3 is 0 Å². The molecule has 0 saturated carbocycles. The Labute approximate surface area is 131 Å². The van der Waals surface area contributed by atoms with Crippen molar-refractivity contribution in [1.82, 2.24) is 0 Å². The van der Waals surface area contributed by atoms with Gasteiger partial charge in [-0.1, -0.05) is 23.8 Å². The van der Waals surface area contributed by atoms with Crippen LogP contribution in [0.5, 0.6) is 5.75 Å². The average molecular weight is 345 g/mol. The first-order valence-corrected chi connectivity index (χ1v) is 7.07. The second-order valence-corrected chi connectivity index (χ2v) is 5.23. The Kier molecular flexibility index (Phi) is 4.96. The van der Waals surface area contributed by atoms with Gasteiger partial charge in [0.15, 0.2) is 6.61 Å². The third kappa shape index (κ3) is 3.83. The van der Waals surface area contributed by atoms with E-state index in [9.17, 15) is 4.79 Å². The van der Waals surface area contributed by atoms with E-state index in [4.69, 9.17) is 10.00 Å². The van der Waals surface area contributed by atoms with Gasteiger partial charge in [-0.15, -0.1) is 0 Å². The minimum absolute atomic E-state index is 0.0684. The fourth-order valence-corrected chi connectivity index (χ4v) is 2.24. The number of hydrogen-bond acceptors (Lipinski definition) is 3. The number of para-hydroxylation sites is 2. The van der Waals surface area contributed by atoms with E-state index in [0.29, 0.717) is 17.0 Å². The molecule has 0 atom stereocenters. The van der Waals surface area contributed by atoms with Gasteiger partial charge in [-0.05, 0) is 47.1 Å². The molecule has 2 aromatic carbocycles. The Balaban J connectivity index is 2.24. The Morgan fingerprint density at radius 3 is 2.86 bits per heavy atom. The summed E-state index contributed by atoms with van der Waals surface area (Å²) in [5, 5.41) is 11.4. The molecule has 1 amide bonds. The first-order valence-electron chi connectivity index (χ1n) is 6.28. The first-order chi connectivity index (χ1) is 10.1. The van der Waals surface area contributed by atoms with Gasteiger partial charge in [0.2, 0.25) is 0 Å². The van der Waals surface area contributed by atoms with Crippen molar-refractivity contribution in [1.29, 1.82) is 5.26 Å². The molecule has 1 N–H and O–H groups in total. The van der Waals surface area contributed by atoms with Crippen molar-refractivity contribution in [3.05, 3.63) is 58.1 Å². The lowest BCUT2D eigenvalue weighted by Gasteiger charge is -2.11. The third-order valence-corrected chi connectivity index (χ3v) is 3.49. The summed E-state index contributed by atoms with van der Waals surface area (Å²) >= 11 is 3.37. The first kappa shape index (κ1) is 15.1. The topological polar surface area (TPSA) is 62.1 Å². The molecular formula is C16H13BrN2O2. The number of hydrogen-bond donors (Lipinski definition) is 1. The van der Waals surface area contributed by atoms with Crippen LogP contribution in [0, 0.1) is 18.3 Å². The number of nitrogens with one attached hydrogen (secondary N) is 1. The molecule has 5 heteroatoms. The van der Waals surface area contributed by atoms with Gasteiger partial charge < -0.3 is 10.1 Å². The van der Waals surface area contributed by atoms with Crippen molar-refractivity contribution < 1.29 is 9.53 Å². The van der Waals surface area contributed by atoms with Crippen LogP contribution in [0.4, 0.5) is 5.69 Å². The number of aryl methyl sites for hydroxylation is 1. The lowest BCUT2D eigenvalue weighted by atomic mass is 10.1. The quantitative estimate of drug-likeness (QED) is 0.914. The predicted molar refractivity (Wildman–Crippen MR) is 84.4 cm³/mol. The summed E-state index contributed by atoms with van der Waals surface area (Å²) in [5.41, 5.74) is 2.08. The summed E-state index contributed by atoms with van der Waals surface area (Å²) in [6.45, 7) is 1.86. The standard InChI is InChI=1S/C16H13BrN2O2/c1-11-6-7-13(17)12(10-11)16(20)19-14-4-2-3-5-15(14)21-9-8-18/h2-7,10H,9H2,1H3,(H,19,20). The van der Waals surface area contributed by atoms with Gasteiger partial charge in [0, 0.05) is 4.47 Å². The summed E-state index contributed by atoms with van der Waals surface area (Å²) in [7, 11) is 0. The van der Waals surface area contributed by atoms with Crippen LogP contribution in [0.3, 0.4) is 0 Å². The van der Waals surface area contributed by atoms with E-state index in [2.05, 4.69) is 21.2 Å².